The van der Waals surface area contributed by atoms with E-state index in [-0.39, 0.29) is 12.1 Å². The normalized spacial score (nSPS) is 13.8. The second kappa shape index (κ2) is 12.9. The monoisotopic (exact) mass is 754 g/mol. The topological polar surface area (TPSA) is 15.7 Å². The van der Waals surface area contributed by atoms with Gasteiger partial charge in [-0.05, 0) is 133 Å². The Bertz CT molecular complexity index is 3070. The zero-order valence-corrected chi connectivity index (χ0v) is 32.9. The van der Waals surface area contributed by atoms with Crippen LogP contribution in [-0.4, -0.2) is 6.71 Å². The third-order valence-corrected chi connectivity index (χ3v) is 12.9. The first-order valence-electron chi connectivity index (χ1n) is 20.5. The van der Waals surface area contributed by atoms with Gasteiger partial charge in [0.1, 0.15) is 11.5 Å². The van der Waals surface area contributed by atoms with Gasteiger partial charge in [-0.3, -0.25) is 0 Å². The lowest BCUT2D eigenvalue weighted by molar-refractivity contribution is 0.487. The molecule has 0 spiro atoms. The maximum atomic E-state index is 7.06. The highest BCUT2D eigenvalue weighted by molar-refractivity contribution is 7.00. The average Bonchev–Trinajstić information content (AvgIpc) is 3.51. The smallest absolute Gasteiger partial charge is 0.257 e. The molecule has 2 aliphatic heterocycles. The van der Waals surface area contributed by atoms with E-state index in [4.69, 9.17) is 4.74 Å². The van der Waals surface area contributed by atoms with Crippen LogP contribution in [0.3, 0.4) is 0 Å². The summed E-state index contributed by atoms with van der Waals surface area (Å²) in [6.45, 7) is 4.76. The minimum absolute atomic E-state index is 0.0158. The summed E-state index contributed by atoms with van der Waals surface area (Å²) in [4.78, 5) is 4.80. The van der Waals surface area contributed by atoms with Crippen molar-refractivity contribution in [3.05, 3.63) is 211 Å². The Morgan fingerprint density at radius 3 is 1.86 bits per heavy atom. The standard InChI is InChI=1S/C55H39BN2O/c1-55(2)46-33-42(57(39-18-8-4-9-19-39)40-20-10-5-11-21-40)30-31-44(46)45-34-52-48(35-47(45)55)56-53-43-22-13-12-17-38(43)27-32-50(53)58(49-23-14-24-51(59-52)54(49)56)41-28-25-37(26-29-41)36-15-6-3-7-16-36/h3-35H,1-2H3. The molecule has 0 aromatic heterocycles. The van der Waals surface area contributed by atoms with E-state index in [1.807, 2.05) is 0 Å². The summed E-state index contributed by atoms with van der Waals surface area (Å²) in [5, 5.41) is 2.51. The van der Waals surface area contributed by atoms with Crippen LogP contribution in [0, 0.1) is 0 Å². The van der Waals surface area contributed by atoms with Gasteiger partial charge in [-0.25, -0.2) is 0 Å². The van der Waals surface area contributed by atoms with E-state index >= 15 is 0 Å². The van der Waals surface area contributed by atoms with Crippen molar-refractivity contribution in [2.24, 2.45) is 0 Å². The Morgan fingerprint density at radius 2 is 1.12 bits per heavy atom. The molecule has 4 heteroatoms. The number of ether oxygens (including phenoxy) is 1. The van der Waals surface area contributed by atoms with E-state index in [9.17, 15) is 0 Å². The van der Waals surface area contributed by atoms with Gasteiger partial charge >= 0.3 is 0 Å². The van der Waals surface area contributed by atoms with Gasteiger partial charge in [-0.1, -0.05) is 141 Å². The van der Waals surface area contributed by atoms with E-state index in [1.54, 1.807) is 0 Å². The molecule has 3 aliphatic rings. The molecule has 9 aromatic carbocycles. The minimum Gasteiger partial charge on any atom is -0.458 e. The Kier molecular flexibility index (Phi) is 7.37. The summed E-state index contributed by atoms with van der Waals surface area (Å²) in [7, 11) is 0. The molecule has 0 atom stereocenters. The molecule has 59 heavy (non-hydrogen) atoms. The van der Waals surface area contributed by atoms with Crippen molar-refractivity contribution in [2.75, 3.05) is 9.80 Å². The second-order valence-corrected chi connectivity index (χ2v) is 16.5. The highest BCUT2D eigenvalue weighted by Gasteiger charge is 2.45. The largest absolute Gasteiger partial charge is 0.458 e. The van der Waals surface area contributed by atoms with E-state index in [1.165, 1.54) is 66.2 Å². The van der Waals surface area contributed by atoms with E-state index in [0.29, 0.717) is 0 Å². The van der Waals surface area contributed by atoms with Crippen LogP contribution in [0.25, 0.3) is 33.0 Å². The SMILES string of the molecule is CC1(C)c2cc(N(c3ccccc3)c3ccccc3)ccc2-c2cc3c(cc21)B1c2c(cccc2N(c2ccc(-c4ccccc4)cc2)c2ccc4ccccc4c21)O3. The molecule has 278 valence electrons. The average molecular weight is 755 g/mol. The second-order valence-electron chi connectivity index (χ2n) is 16.5. The third-order valence-electron chi connectivity index (χ3n) is 12.9. The summed E-state index contributed by atoms with van der Waals surface area (Å²) in [6.07, 6.45) is 0. The number of para-hydroxylation sites is 2. The predicted molar refractivity (Wildman–Crippen MR) is 247 cm³/mol. The Balaban J connectivity index is 1.02. The number of hydrogen-bond acceptors (Lipinski definition) is 3. The zero-order valence-electron chi connectivity index (χ0n) is 32.9. The fourth-order valence-electron chi connectivity index (χ4n) is 10.1. The predicted octanol–water partition coefficient (Wildman–Crippen LogP) is 12.7. The molecule has 0 fully saturated rings. The Labute approximate surface area is 345 Å². The van der Waals surface area contributed by atoms with Crippen LogP contribution in [-0.2, 0) is 5.41 Å². The van der Waals surface area contributed by atoms with Gasteiger partial charge in [0.25, 0.3) is 6.71 Å². The summed E-state index contributed by atoms with van der Waals surface area (Å²) in [5.41, 5.74) is 18.0. The molecule has 3 nitrogen and oxygen atoms in total. The van der Waals surface area contributed by atoms with Gasteiger partial charge in [-0.2, -0.15) is 0 Å². The van der Waals surface area contributed by atoms with Crippen LogP contribution in [0.4, 0.5) is 34.1 Å². The maximum absolute atomic E-state index is 7.06. The molecule has 2 heterocycles. The quantitative estimate of drug-likeness (QED) is 0.163. The highest BCUT2D eigenvalue weighted by atomic mass is 16.5. The lowest BCUT2D eigenvalue weighted by atomic mass is 9.33. The number of anilines is 6. The molecule has 1 aliphatic carbocycles. The Morgan fingerprint density at radius 1 is 0.475 bits per heavy atom. The molecule has 0 N–H and O–H groups in total. The molecular weight excluding hydrogens is 715 g/mol. The van der Waals surface area contributed by atoms with Crippen LogP contribution >= 0.6 is 0 Å². The van der Waals surface area contributed by atoms with Crippen molar-refractivity contribution in [1.82, 2.24) is 0 Å². The van der Waals surface area contributed by atoms with Gasteiger partial charge < -0.3 is 14.5 Å². The first-order valence-corrected chi connectivity index (χ1v) is 20.5. The molecule has 0 saturated carbocycles. The Hall–Kier alpha value is -7.30. The lowest BCUT2D eigenvalue weighted by Gasteiger charge is -2.41. The van der Waals surface area contributed by atoms with Gasteiger partial charge in [0.15, 0.2) is 0 Å². The molecular formula is C55H39BN2O. The van der Waals surface area contributed by atoms with Crippen LogP contribution in [0.1, 0.15) is 25.0 Å². The van der Waals surface area contributed by atoms with E-state index < -0.39 is 0 Å². The van der Waals surface area contributed by atoms with Crippen molar-refractivity contribution in [3.8, 4) is 33.8 Å². The highest BCUT2D eigenvalue weighted by Crippen LogP contribution is 2.52. The first-order chi connectivity index (χ1) is 29.0. The third kappa shape index (κ3) is 5.09. The van der Waals surface area contributed by atoms with Crippen molar-refractivity contribution in [2.45, 2.75) is 19.3 Å². The number of hydrogen-bond donors (Lipinski definition) is 0. The number of benzene rings is 9. The maximum Gasteiger partial charge on any atom is 0.257 e. The van der Waals surface area contributed by atoms with Crippen LogP contribution in [0.5, 0.6) is 11.5 Å². The number of rotatable bonds is 5. The lowest BCUT2D eigenvalue weighted by Crippen LogP contribution is -2.59. The first kappa shape index (κ1) is 33.8. The zero-order chi connectivity index (χ0) is 39.2. The number of fused-ring (bicyclic) bond motifs is 9. The summed E-state index contributed by atoms with van der Waals surface area (Å²) < 4.78 is 7.06. The summed E-state index contributed by atoms with van der Waals surface area (Å²) >= 11 is 0. The molecule has 0 saturated heterocycles. The summed E-state index contributed by atoms with van der Waals surface area (Å²) in [5.74, 6) is 1.85. The molecule has 9 aromatic rings. The van der Waals surface area contributed by atoms with Crippen LogP contribution in [0.2, 0.25) is 0 Å². The van der Waals surface area contributed by atoms with Gasteiger partial charge in [0, 0.05) is 39.5 Å². The van der Waals surface area contributed by atoms with Gasteiger partial charge in [0.2, 0.25) is 0 Å². The fraction of sp³-hybridized carbons (Fsp3) is 0.0545. The summed E-state index contributed by atoms with van der Waals surface area (Å²) in [6, 6.07) is 72.8. The molecule has 12 rings (SSSR count). The van der Waals surface area contributed by atoms with Crippen LogP contribution in [0.15, 0.2) is 200 Å². The minimum atomic E-state index is -0.253. The fourth-order valence-corrected chi connectivity index (χ4v) is 10.1. The molecule has 0 bridgehead atoms. The van der Waals surface area contributed by atoms with Crippen molar-refractivity contribution in [3.63, 3.8) is 0 Å². The van der Waals surface area contributed by atoms with Gasteiger partial charge in [0.05, 0.1) is 0 Å². The van der Waals surface area contributed by atoms with E-state index in [0.717, 1.165) is 39.9 Å². The molecule has 0 unspecified atom stereocenters. The molecule has 0 radical (unpaired) electrons. The van der Waals surface area contributed by atoms with Crippen molar-refractivity contribution < 1.29 is 4.74 Å². The van der Waals surface area contributed by atoms with Crippen LogP contribution < -0.4 is 30.9 Å². The van der Waals surface area contributed by atoms with Crippen molar-refractivity contribution in [1.29, 1.82) is 0 Å². The van der Waals surface area contributed by atoms with E-state index in [2.05, 4.69) is 224 Å². The van der Waals surface area contributed by atoms with Crippen molar-refractivity contribution >= 4 is 68.0 Å². The number of nitrogens with zero attached hydrogens (tertiary/aromatic N) is 2. The van der Waals surface area contributed by atoms with Gasteiger partial charge in [-0.15, -0.1) is 0 Å². The molecule has 0 amide bonds.